The number of amides is 1. The Morgan fingerprint density at radius 1 is 1.38 bits per heavy atom. The number of aryl methyl sites for hydroxylation is 1. The molecule has 6 nitrogen and oxygen atoms in total. The van der Waals surface area contributed by atoms with E-state index < -0.39 is 0 Å². The molecule has 0 aliphatic rings. The Morgan fingerprint density at radius 3 is 2.95 bits per heavy atom. The molecule has 0 saturated carbocycles. The highest BCUT2D eigenvalue weighted by Crippen LogP contribution is 2.16. The number of aromatic nitrogens is 4. The Morgan fingerprint density at radius 2 is 2.19 bits per heavy atom. The molecule has 0 spiro atoms. The average Bonchev–Trinajstić information content (AvgIpc) is 3.11. The molecule has 0 aliphatic heterocycles. The van der Waals surface area contributed by atoms with Crippen LogP contribution in [0.25, 0.3) is 11.0 Å². The Hall–Kier alpha value is -2.28. The number of aromatic amines is 1. The standard InChI is InChI=1S/C14H15N5OS/c1-3-9-13(21-18-17-9)14(20)19(2)8-12-15-10-6-4-5-7-11(10)16-12/h4-7H,3,8H2,1-2H3,(H,15,16). The Kier molecular flexibility index (Phi) is 3.66. The van der Waals surface area contributed by atoms with E-state index in [1.54, 1.807) is 11.9 Å². The first-order valence-corrected chi connectivity index (χ1v) is 7.46. The summed E-state index contributed by atoms with van der Waals surface area (Å²) >= 11 is 1.14. The van der Waals surface area contributed by atoms with Crippen molar-refractivity contribution in [3.05, 3.63) is 40.7 Å². The van der Waals surface area contributed by atoms with Crippen LogP contribution in [0.1, 0.15) is 28.1 Å². The normalized spacial score (nSPS) is 11.0. The quantitative estimate of drug-likeness (QED) is 0.802. The van der Waals surface area contributed by atoms with Crippen molar-refractivity contribution in [1.82, 2.24) is 24.5 Å². The fraction of sp³-hybridized carbons (Fsp3) is 0.286. The van der Waals surface area contributed by atoms with Crippen molar-refractivity contribution in [3.8, 4) is 0 Å². The second-order valence-corrected chi connectivity index (χ2v) is 5.52. The number of para-hydroxylation sites is 2. The van der Waals surface area contributed by atoms with Gasteiger partial charge in [-0.25, -0.2) is 4.98 Å². The lowest BCUT2D eigenvalue weighted by molar-refractivity contribution is 0.0785. The number of nitrogens with one attached hydrogen (secondary N) is 1. The van der Waals surface area contributed by atoms with Gasteiger partial charge in [0.25, 0.3) is 5.91 Å². The molecule has 0 atom stereocenters. The van der Waals surface area contributed by atoms with E-state index in [0.29, 0.717) is 17.8 Å². The molecule has 3 aromatic rings. The zero-order valence-corrected chi connectivity index (χ0v) is 12.6. The molecule has 0 fully saturated rings. The maximum atomic E-state index is 12.4. The summed E-state index contributed by atoms with van der Waals surface area (Å²) in [6.07, 6.45) is 0.704. The number of nitrogens with zero attached hydrogens (tertiary/aromatic N) is 4. The Balaban J connectivity index is 1.79. The van der Waals surface area contributed by atoms with Crippen LogP contribution >= 0.6 is 11.5 Å². The van der Waals surface area contributed by atoms with Crippen LogP contribution in [-0.4, -0.2) is 37.4 Å². The number of benzene rings is 1. The van der Waals surface area contributed by atoms with E-state index in [0.717, 1.165) is 34.1 Å². The molecule has 0 unspecified atom stereocenters. The van der Waals surface area contributed by atoms with Crippen LogP contribution in [0.3, 0.4) is 0 Å². The van der Waals surface area contributed by atoms with Gasteiger partial charge in [0.15, 0.2) is 0 Å². The largest absolute Gasteiger partial charge is 0.340 e. The summed E-state index contributed by atoms with van der Waals surface area (Å²) in [5.74, 6) is 0.699. The van der Waals surface area contributed by atoms with Crippen molar-refractivity contribution in [2.24, 2.45) is 0 Å². The summed E-state index contributed by atoms with van der Waals surface area (Å²) in [7, 11) is 1.76. The van der Waals surface area contributed by atoms with E-state index >= 15 is 0 Å². The number of carbonyl (C=O) groups is 1. The number of carbonyl (C=O) groups excluding carboxylic acids is 1. The number of hydrogen-bond donors (Lipinski definition) is 1. The van der Waals surface area contributed by atoms with Crippen molar-refractivity contribution in [3.63, 3.8) is 0 Å². The lowest BCUT2D eigenvalue weighted by Crippen LogP contribution is -2.26. The van der Waals surface area contributed by atoms with E-state index in [1.807, 2.05) is 31.2 Å². The first-order chi connectivity index (χ1) is 10.2. The van der Waals surface area contributed by atoms with Crippen LogP contribution in [0.4, 0.5) is 0 Å². The maximum absolute atomic E-state index is 12.4. The molecule has 0 bridgehead atoms. The van der Waals surface area contributed by atoms with Crippen molar-refractivity contribution in [2.45, 2.75) is 19.9 Å². The van der Waals surface area contributed by atoms with Gasteiger partial charge in [-0.2, -0.15) is 0 Å². The van der Waals surface area contributed by atoms with Crippen LogP contribution in [-0.2, 0) is 13.0 Å². The van der Waals surface area contributed by atoms with Crippen LogP contribution in [0, 0.1) is 0 Å². The molecule has 2 heterocycles. The molecule has 21 heavy (non-hydrogen) atoms. The van der Waals surface area contributed by atoms with Crippen LogP contribution in [0.2, 0.25) is 0 Å². The highest BCUT2D eigenvalue weighted by molar-refractivity contribution is 7.07. The highest BCUT2D eigenvalue weighted by Gasteiger charge is 2.19. The molecular formula is C14H15N5OS. The predicted molar refractivity (Wildman–Crippen MR) is 81.2 cm³/mol. The van der Waals surface area contributed by atoms with E-state index in [2.05, 4.69) is 19.6 Å². The van der Waals surface area contributed by atoms with Gasteiger partial charge in [-0.15, -0.1) is 5.10 Å². The molecule has 2 aromatic heterocycles. The summed E-state index contributed by atoms with van der Waals surface area (Å²) in [6.45, 7) is 2.39. The van der Waals surface area contributed by atoms with Gasteiger partial charge < -0.3 is 9.88 Å². The number of rotatable bonds is 4. The summed E-state index contributed by atoms with van der Waals surface area (Å²) < 4.78 is 3.86. The predicted octanol–water partition coefficient (Wildman–Crippen LogP) is 2.25. The summed E-state index contributed by atoms with van der Waals surface area (Å²) in [6, 6.07) is 7.81. The molecule has 0 radical (unpaired) electrons. The van der Waals surface area contributed by atoms with Crippen molar-refractivity contribution >= 4 is 28.5 Å². The van der Waals surface area contributed by atoms with Gasteiger partial charge in [-0.1, -0.05) is 23.5 Å². The number of hydrogen-bond acceptors (Lipinski definition) is 5. The van der Waals surface area contributed by atoms with Gasteiger partial charge in [-0.3, -0.25) is 4.79 Å². The minimum atomic E-state index is -0.0673. The summed E-state index contributed by atoms with van der Waals surface area (Å²) in [4.78, 5) is 22.4. The molecule has 7 heteroatoms. The first-order valence-electron chi connectivity index (χ1n) is 6.69. The summed E-state index contributed by atoms with van der Waals surface area (Å²) in [5.41, 5.74) is 2.63. The van der Waals surface area contributed by atoms with Gasteiger partial charge in [0, 0.05) is 7.05 Å². The maximum Gasteiger partial charge on any atom is 0.267 e. The zero-order valence-electron chi connectivity index (χ0n) is 11.8. The van der Waals surface area contributed by atoms with E-state index in [1.165, 1.54) is 0 Å². The lowest BCUT2D eigenvalue weighted by Gasteiger charge is -2.14. The molecule has 0 aliphatic carbocycles. The minimum Gasteiger partial charge on any atom is -0.340 e. The second-order valence-electron chi connectivity index (χ2n) is 4.76. The van der Waals surface area contributed by atoms with Gasteiger partial charge in [0.2, 0.25) is 0 Å². The molecular weight excluding hydrogens is 286 g/mol. The Labute approximate surface area is 126 Å². The highest BCUT2D eigenvalue weighted by atomic mass is 32.1. The molecule has 1 N–H and O–H groups in total. The third-order valence-electron chi connectivity index (χ3n) is 3.26. The molecule has 108 valence electrons. The monoisotopic (exact) mass is 301 g/mol. The number of fused-ring (bicyclic) bond motifs is 1. The second kappa shape index (κ2) is 5.61. The minimum absolute atomic E-state index is 0.0673. The molecule has 0 saturated heterocycles. The van der Waals surface area contributed by atoms with E-state index in [4.69, 9.17) is 0 Å². The molecule has 1 amide bonds. The summed E-state index contributed by atoms with van der Waals surface area (Å²) in [5, 5.41) is 3.98. The zero-order chi connectivity index (χ0) is 14.8. The third kappa shape index (κ3) is 2.64. The SMILES string of the molecule is CCc1nnsc1C(=O)N(C)Cc1nc2ccccc2[nH]1. The topological polar surface area (TPSA) is 74.8 Å². The van der Waals surface area contributed by atoms with Crippen molar-refractivity contribution < 1.29 is 4.79 Å². The van der Waals surface area contributed by atoms with Gasteiger partial charge >= 0.3 is 0 Å². The molecule has 1 aromatic carbocycles. The smallest absolute Gasteiger partial charge is 0.267 e. The fourth-order valence-electron chi connectivity index (χ4n) is 2.15. The van der Waals surface area contributed by atoms with Crippen molar-refractivity contribution in [2.75, 3.05) is 7.05 Å². The third-order valence-corrected chi connectivity index (χ3v) is 4.01. The fourth-order valence-corrected chi connectivity index (χ4v) is 2.90. The average molecular weight is 301 g/mol. The van der Waals surface area contributed by atoms with Crippen LogP contribution in [0.15, 0.2) is 24.3 Å². The Bertz CT molecular complexity index is 745. The van der Waals surface area contributed by atoms with Crippen molar-refractivity contribution in [1.29, 1.82) is 0 Å². The van der Waals surface area contributed by atoms with E-state index in [9.17, 15) is 4.79 Å². The van der Waals surface area contributed by atoms with Gasteiger partial charge in [0.1, 0.15) is 10.7 Å². The lowest BCUT2D eigenvalue weighted by atomic mass is 10.3. The van der Waals surface area contributed by atoms with Gasteiger partial charge in [-0.05, 0) is 30.1 Å². The molecule has 3 rings (SSSR count). The van der Waals surface area contributed by atoms with Crippen LogP contribution in [0.5, 0.6) is 0 Å². The van der Waals surface area contributed by atoms with Crippen LogP contribution < -0.4 is 0 Å². The number of H-pyrrole nitrogens is 1. The van der Waals surface area contributed by atoms with Gasteiger partial charge in [0.05, 0.1) is 23.3 Å². The first kappa shape index (κ1) is 13.7. The number of imidazole rings is 1. The van der Waals surface area contributed by atoms with E-state index in [-0.39, 0.29) is 5.91 Å².